The Labute approximate surface area is 148 Å². The molecule has 1 unspecified atom stereocenters. The number of benzene rings is 2. The van der Waals surface area contributed by atoms with Gasteiger partial charge in [0, 0.05) is 23.1 Å². The van der Waals surface area contributed by atoms with Crippen LogP contribution >= 0.6 is 15.9 Å². The molecule has 124 valence electrons. The van der Waals surface area contributed by atoms with Gasteiger partial charge < -0.3 is 14.4 Å². The number of carbonyl (C=O) groups excluding carboxylic acids is 2. The van der Waals surface area contributed by atoms with E-state index in [9.17, 15) is 9.59 Å². The molecule has 3 rings (SSSR count). The van der Waals surface area contributed by atoms with Gasteiger partial charge in [-0.3, -0.25) is 9.59 Å². The number of hydrogen-bond acceptors (Lipinski definition) is 4. The zero-order chi connectivity index (χ0) is 17.1. The molecule has 2 aromatic carbocycles. The lowest BCUT2D eigenvalue weighted by atomic mass is 10.1. The van der Waals surface area contributed by atoms with Gasteiger partial charge in [0.25, 0.3) is 0 Å². The van der Waals surface area contributed by atoms with Crippen molar-refractivity contribution in [1.82, 2.24) is 0 Å². The van der Waals surface area contributed by atoms with Gasteiger partial charge in [-0.1, -0.05) is 15.9 Å². The maximum absolute atomic E-state index is 12.3. The van der Waals surface area contributed by atoms with Gasteiger partial charge in [-0.15, -0.1) is 0 Å². The predicted octanol–water partition coefficient (Wildman–Crippen LogP) is 3.42. The second kappa shape index (κ2) is 7.05. The number of carbonyl (C=O) groups is 2. The average molecular weight is 390 g/mol. The van der Waals surface area contributed by atoms with Crippen LogP contribution in [-0.4, -0.2) is 25.5 Å². The fourth-order valence-corrected chi connectivity index (χ4v) is 2.84. The van der Waals surface area contributed by atoms with Crippen molar-refractivity contribution in [3.05, 3.63) is 53.0 Å². The lowest BCUT2D eigenvalue weighted by Gasteiger charge is -2.16. The van der Waals surface area contributed by atoms with Crippen LogP contribution in [0.4, 0.5) is 5.69 Å². The van der Waals surface area contributed by atoms with Crippen LogP contribution in [0.5, 0.6) is 11.5 Å². The van der Waals surface area contributed by atoms with E-state index in [1.807, 2.05) is 0 Å². The van der Waals surface area contributed by atoms with Crippen molar-refractivity contribution in [1.29, 1.82) is 0 Å². The first-order chi connectivity index (χ1) is 11.6. The van der Waals surface area contributed by atoms with Crippen LogP contribution in [0.15, 0.2) is 53.0 Å². The Morgan fingerprint density at radius 1 is 1.08 bits per heavy atom. The van der Waals surface area contributed by atoms with Gasteiger partial charge in [-0.25, -0.2) is 0 Å². The quantitative estimate of drug-likeness (QED) is 0.593. The Bertz CT molecular complexity index is 743. The first-order valence-corrected chi connectivity index (χ1v) is 8.28. The highest BCUT2D eigenvalue weighted by atomic mass is 79.9. The molecule has 1 fully saturated rings. The summed E-state index contributed by atoms with van der Waals surface area (Å²) in [6.07, 6.45) is 0.154. The summed E-state index contributed by atoms with van der Waals surface area (Å²) in [5.41, 5.74) is 0.750. The molecule has 0 spiro atoms. The predicted molar refractivity (Wildman–Crippen MR) is 93.2 cm³/mol. The van der Waals surface area contributed by atoms with Crippen LogP contribution in [0.3, 0.4) is 0 Å². The Hall–Kier alpha value is -2.34. The number of halogens is 1. The number of esters is 1. The van der Waals surface area contributed by atoms with E-state index < -0.39 is 5.92 Å². The van der Waals surface area contributed by atoms with Gasteiger partial charge in [0.2, 0.25) is 5.91 Å². The molecule has 1 atom stereocenters. The summed E-state index contributed by atoms with van der Waals surface area (Å²) >= 11 is 3.33. The molecule has 2 aromatic rings. The fourth-order valence-electron chi connectivity index (χ4n) is 2.58. The molecule has 6 heteroatoms. The second-order valence-corrected chi connectivity index (χ2v) is 6.39. The summed E-state index contributed by atoms with van der Waals surface area (Å²) in [5, 5.41) is 0. The number of amides is 1. The highest BCUT2D eigenvalue weighted by molar-refractivity contribution is 9.10. The van der Waals surface area contributed by atoms with Crippen LogP contribution in [-0.2, 0) is 9.59 Å². The molecule has 0 aliphatic carbocycles. The molecule has 1 saturated heterocycles. The van der Waals surface area contributed by atoms with E-state index >= 15 is 0 Å². The van der Waals surface area contributed by atoms with Crippen molar-refractivity contribution in [2.75, 3.05) is 18.6 Å². The largest absolute Gasteiger partial charge is 0.497 e. The SMILES string of the molecule is COc1ccc(N2CC(C(=O)Oc3ccc(Br)cc3)CC2=O)cc1. The standard InChI is InChI=1S/C18H16BrNO4/c1-23-15-8-4-14(5-9-15)20-11-12(10-17(20)21)18(22)24-16-6-2-13(19)3-7-16/h2-9,12H,10-11H2,1H3. The van der Waals surface area contributed by atoms with Crippen LogP contribution in [0, 0.1) is 5.92 Å². The molecular formula is C18H16BrNO4. The van der Waals surface area contributed by atoms with E-state index in [2.05, 4.69) is 15.9 Å². The Morgan fingerprint density at radius 2 is 1.71 bits per heavy atom. The van der Waals surface area contributed by atoms with Crippen LogP contribution < -0.4 is 14.4 Å². The first-order valence-electron chi connectivity index (χ1n) is 7.48. The third-order valence-electron chi connectivity index (χ3n) is 3.87. The van der Waals surface area contributed by atoms with E-state index in [1.165, 1.54) is 0 Å². The van der Waals surface area contributed by atoms with E-state index in [4.69, 9.17) is 9.47 Å². The van der Waals surface area contributed by atoms with Crippen molar-refractivity contribution < 1.29 is 19.1 Å². The van der Waals surface area contributed by atoms with Gasteiger partial charge in [-0.2, -0.15) is 0 Å². The summed E-state index contributed by atoms with van der Waals surface area (Å²) < 4.78 is 11.4. The molecule has 1 aliphatic rings. The second-order valence-electron chi connectivity index (χ2n) is 5.48. The summed E-state index contributed by atoms with van der Waals surface area (Å²) in [5.74, 6) is 0.248. The molecule has 1 amide bonds. The van der Waals surface area contributed by atoms with Crippen molar-refractivity contribution in [3.63, 3.8) is 0 Å². The molecule has 24 heavy (non-hydrogen) atoms. The molecule has 0 radical (unpaired) electrons. The van der Waals surface area contributed by atoms with Crippen LogP contribution in [0.25, 0.3) is 0 Å². The van der Waals surface area contributed by atoms with Gasteiger partial charge in [0.05, 0.1) is 13.0 Å². The highest BCUT2D eigenvalue weighted by Gasteiger charge is 2.36. The zero-order valence-electron chi connectivity index (χ0n) is 13.1. The average Bonchev–Trinajstić information content (AvgIpc) is 2.99. The number of rotatable bonds is 4. The van der Waals surface area contributed by atoms with E-state index in [0.717, 1.165) is 15.9 Å². The molecule has 1 heterocycles. The van der Waals surface area contributed by atoms with E-state index in [-0.39, 0.29) is 18.3 Å². The highest BCUT2D eigenvalue weighted by Crippen LogP contribution is 2.28. The van der Waals surface area contributed by atoms with Crippen molar-refractivity contribution in [2.45, 2.75) is 6.42 Å². The Balaban J connectivity index is 1.67. The maximum atomic E-state index is 12.3. The normalized spacial score (nSPS) is 17.0. The van der Waals surface area contributed by atoms with Gasteiger partial charge in [-0.05, 0) is 48.5 Å². The number of nitrogens with zero attached hydrogens (tertiary/aromatic N) is 1. The van der Waals surface area contributed by atoms with Crippen molar-refractivity contribution in [3.8, 4) is 11.5 Å². The molecular weight excluding hydrogens is 374 g/mol. The maximum Gasteiger partial charge on any atom is 0.316 e. The molecule has 0 N–H and O–H groups in total. The summed E-state index contributed by atoms with van der Waals surface area (Å²) in [6, 6.07) is 14.2. The van der Waals surface area contributed by atoms with Crippen molar-refractivity contribution in [2.24, 2.45) is 5.92 Å². The van der Waals surface area contributed by atoms with Crippen LogP contribution in [0.1, 0.15) is 6.42 Å². The molecule has 0 saturated carbocycles. The summed E-state index contributed by atoms with van der Waals surface area (Å²) in [7, 11) is 1.59. The molecule has 1 aliphatic heterocycles. The smallest absolute Gasteiger partial charge is 0.316 e. The fraction of sp³-hybridized carbons (Fsp3) is 0.222. The lowest BCUT2D eigenvalue weighted by Crippen LogP contribution is -2.27. The Kier molecular flexibility index (Phi) is 4.85. The van der Waals surface area contributed by atoms with Crippen LogP contribution in [0.2, 0.25) is 0 Å². The number of anilines is 1. The van der Waals surface area contributed by atoms with Gasteiger partial charge in [0.15, 0.2) is 0 Å². The molecule has 0 bridgehead atoms. The number of ether oxygens (including phenoxy) is 2. The summed E-state index contributed by atoms with van der Waals surface area (Å²) in [6.45, 7) is 0.320. The lowest BCUT2D eigenvalue weighted by molar-refractivity contribution is -0.139. The third-order valence-corrected chi connectivity index (χ3v) is 4.40. The Morgan fingerprint density at radius 3 is 2.33 bits per heavy atom. The van der Waals surface area contributed by atoms with E-state index in [1.54, 1.807) is 60.5 Å². The summed E-state index contributed by atoms with van der Waals surface area (Å²) in [4.78, 5) is 26.1. The monoisotopic (exact) mass is 389 g/mol. The topological polar surface area (TPSA) is 55.8 Å². The van der Waals surface area contributed by atoms with Crippen molar-refractivity contribution >= 4 is 33.5 Å². The van der Waals surface area contributed by atoms with Gasteiger partial charge in [0.1, 0.15) is 11.5 Å². The minimum absolute atomic E-state index is 0.0853. The third kappa shape index (κ3) is 3.59. The minimum atomic E-state index is -0.469. The zero-order valence-corrected chi connectivity index (χ0v) is 14.7. The minimum Gasteiger partial charge on any atom is -0.497 e. The van der Waals surface area contributed by atoms with E-state index in [0.29, 0.717) is 12.3 Å². The number of methoxy groups -OCH3 is 1. The first kappa shape index (κ1) is 16.5. The van der Waals surface area contributed by atoms with Gasteiger partial charge >= 0.3 is 5.97 Å². The number of hydrogen-bond donors (Lipinski definition) is 0. The molecule has 0 aromatic heterocycles. The molecule has 5 nitrogen and oxygen atoms in total.